The molecule has 0 unspecified atom stereocenters. The maximum absolute atomic E-state index is 13.6. The van der Waals surface area contributed by atoms with Crippen molar-refractivity contribution in [1.29, 1.82) is 0 Å². The van der Waals surface area contributed by atoms with E-state index in [0.717, 1.165) is 62.3 Å². The van der Waals surface area contributed by atoms with Gasteiger partial charge in [0.1, 0.15) is 23.7 Å². The Balaban J connectivity index is 1.12. The van der Waals surface area contributed by atoms with Gasteiger partial charge in [-0.05, 0) is 37.1 Å². The highest BCUT2D eigenvalue weighted by Crippen LogP contribution is 2.44. The first-order chi connectivity index (χ1) is 20.5. The molecule has 1 aliphatic heterocycles. The van der Waals surface area contributed by atoms with Gasteiger partial charge in [0.05, 0.1) is 42.9 Å². The van der Waals surface area contributed by atoms with E-state index in [1.807, 2.05) is 53.3 Å². The zero-order valence-electron chi connectivity index (χ0n) is 23.5. The van der Waals surface area contributed by atoms with Gasteiger partial charge in [0, 0.05) is 62.0 Å². The molecule has 5 aromatic rings. The van der Waals surface area contributed by atoms with Crippen molar-refractivity contribution >= 4 is 28.1 Å². The molecule has 0 bridgehead atoms. The molecule has 4 aromatic heterocycles. The number of carbonyl (C=O) groups excluding carboxylic acids is 1. The van der Waals surface area contributed by atoms with Crippen molar-refractivity contribution < 1.29 is 14.3 Å². The number of fused-ring (bicyclic) bond motifs is 2. The second-order valence-corrected chi connectivity index (χ2v) is 11.0. The number of aryl methyl sites for hydroxylation is 1. The summed E-state index contributed by atoms with van der Waals surface area (Å²) in [4.78, 5) is 33.0. The minimum absolute atomic E-state index is 0.0446. The molecule has 1 aliphatic carbocycles. The van der Waals surface area contributed by atoms with E-state index in [2.05, 4.69) is 15.2 Å². The van der Waals surface area contributed by atoms with Crippen LogP contribution in [0.5, 0.6) is 5.75 Å². The van der Waals surface area contributed by atoms with Gasteiger partial charge in [-0.1, -0.05) is 12.1 Å². The van der Waals surface area contributed by atoms with Crippen LogP contribution in [-0.4, -0.2) is 74.0 Å². The fourth-order valence-corrected chi connectivity index (χ4v) is 5.58. The van der Waals surface area contributed by atoms with Gasteiger partial charge in [-0.2, -0.15) is 5.10 Å². The number of carbonyl (C=O) groups is 1. The van der Waals surface area contributed by atoms with E-state index < -0.39 is 0 Å². The summed E-state index contributed by atoms with van der Waals surface area (Å²) >= 11 is 0. The van der Waals surface area contributed by atoms with E-state index in [1.165, 1.54) is 0 Å². The van der Waals surface area contributed by atoms with Crippen molar-refractivity contribution in [1.82, 2.24) is 28.6 Å². The number of imidazole rings is 1. The monoisotopic (exact) mass is 567 g/mol. The molecule has 2 fully saturated rings. The topological polar surface area (TPSA) is 108 Å². The zero-order valence-corrected chi connectivity index (χ0v) is 23.5. The molecule has 1 amide bonds. The van der Waals surface area contributed by atoms with Crippen molar-refractivity contribution in [3.8, 4) is 5.75 Å². The quantitative estimate of drug-likeness (QED) is 0.291. The fraction of sp³-hybridized carbons (Fsp3) is 0.355. The van der Waals surface area contributed by atoms with E-state index in [1.54, 1.807) is 28.4 Å². The van der Waals surface area contributed by atoms with Gasteiger partial charge in [-0.15, -0.1) is 0 Å². The highest BCUT2D eigenvalue weighted by molar-refractivity contribution is 6.09. The highest BCUT2D eigenvalue weighted by atomic mass is 16.5. The number of pyridine rings is 2. The second-order valence-electron chi connectivity index (χ2n) is 11.0. The Morgan fingerprint density at radius 2 is 1.98 bits per heavy atom. The molecular weight excluding hydrogens is 534 g/mol. The predicted octanol–water partition coefficient (Wildman–Crippen LogP) is 3.27. The normalized spacial score (nSPS) is 15.8. The molecule has 7 rings (SSSR count). The summed E-state index contributed by atoms with van der Waals surface area (Å²) in [7, 11) is 1.75. The van der Waals surface area contributed by atoms with Crippen LogP contribution < -0.4 is 15.6 Å². The second kappa shape index (κ2) is 11.1. The van der Waals surface area contributed by atoms with Gasteiger partial charge in [0.15, 0.2) is 0 Å². The average molecular weight is 568 g/mol. The summed E-state index contributed by atoms with van der Waals surface area (Å²) in [6, 6.07) is 13.2. The van der Waals surface area contributed by atoms with Gasteiger partial charge < -0.3 is 19.4 Å². The van der Waals surface area contributed by atoms with E-state index >= 15 is 0 Å². The summed E-state index contributed by atoms with van der Waals surface area (Å²) < 4.78 is 16.6. The Morgan fingerprint density at radius 3 is 2.81 bits per heavy atom. The molecular formula is C31H33N7O4. The number of aromatic nitrogens is 5. The number of nitrogens with zero attached hydrogens (tertiary/aromatic N) is 6. The van der Waals surface area contributed by atoms with E-state index in [4.69, 9.17) is 14.6 Å². The number of anilines is 1. The van der Waals surface area contributed by atoms with Gasteiger partial charge >= 0.3 is 0 Å². The number of rotatable bonds is 9. The summed E-state index contributed by atoms with van der Waals surface area (Å²) in [5.74, 6) is 0.804. The first kappa shape index (κ1) is 26.4. The number of nitrogens with one attached hydrogen (secondary N) is 1. The van der Waals surface area contributed by atoms with Crippen LogP contribution in [0.1, 0.15) is 40.5 Å². The average Bonchev–Trinajstić information content (AvgIpc) is 3.66. The third kappa shape index (κ3) is 5.17. The fourth-order valence-electron chi connectivity index (χ4n) is 5.58. The number of hydrogen-bond acceptors (Lipinski definition) is 7. The van der Waals surface area contributed by atoms with Crippen LogP contribution in [0, 0.1) is 0 Å². The standard InChI is InChI=1S/C31H33N7O4/c1-35-10-3-4-22(31(35)40)20-38-25-6-2-5-24(28(25)29(34-38)21-7-8-21)33-30(39)26-19-32-27-18-23(9-11-37(26)27)42-17-14-36-12-15-41-16-13-36/h2-6,9-11,18-19,21H,7-8,12-17,20H2,1H3,(H,33,39). The maximum atomic E-state index is 13.6. The van der Waals surface area contributed by atoms with Gasteiger partial charge in [-0.3, -0.25) is 23.6 Å². The van der Waals surface area contributed by atoms with Crippen LogP contribution in [0.15, 0.2) is 65.8 Å². The SMILES string of the molecule is Cn1cccc(Cn2nc(C3CC3)c3c(NC(=O)c4cnc5cc(OCCN6CCOCC6)ccn45)cccc32)c1=O. The van der Waals surface area contributed by atoms with E-state index in [-0.39, 0.29) is 11.5 Å². The van der Waals surface area contributed by atoms with Crippen LogP contribution in [0.25, 0.3) is 16.6 Å². The zero-order chi connectivity index (χ0) is 28.6. The molecule has 2 aliphatic rings. The Labute approximate surface area is 242 Å². The molecule has 1 saturated heterocycles. The molecule has 0 atom stereocenters. The molecule has 1 saturated carbocycles. The number of benzene rings is 1. The van der Waals surface area contributed by atoms with Gasteiger partial charge in [-0.25, -0.2) is 4.98 Å². The number of ether oxygens (including phenoxy) is 2. The Bertz CT molecular complexity index is 1830. The molecule has 0 spiro atoms. The van der Waals surface area contributed by atoms with Crippen LogP contribution in [0.2, 0.25) is 0 Å². The molecule has 5 heterocycles. The third-order valence-electron chi connectivity index (χ3n) is 8.04. The minimum atomic E-state index is -0.262. The van der Waals surface area contributed by atoms with Crippen LogP contribution in [0.3, 0.4) is 0 Å². The first-order valence-electron chi connectivity index (χ1n) is 14.4. The van der Waals surface area contributed by atoms with Crippen molar-refractivity contribution in [3.63, 3.8) is 0 Å². The largest absolute Gasteiger partial charge is 0.492 e. The van der Waals surface area contributed by atoms with Gasteiger partial charge in [0.25, 0.3) is 11.5 Å². The number of hydrogen-bond donors (Lipinski definition) is 1. The minimum Gasteiger partial charge on any atom is -0.492 e. The van der Waals surface area contributed by atoms with Gasteiger partial charge in [0.2, 0.25) is 0 Å². The summed E-state index contributed by atoms with van der Waals surface area (Å²) in [5, 5.41) is 8.98. The van der Waals surface area contributed by atoms with E-state index in [0.29, 0.717) is 47.4 Å². The Morgan fingerprint density at radius 1 is 1.12 bits per heavy atom. The van der Waals surface area contributed by atoms with Crippen LogP contribution in [-0.2, 0) is 18.3 Å². The molecule has 1 N–H and O–H groups in total. The van der Waals surface area contributed by atoms with Crippen molar-refractivity contribution in [3.05, 3.63) is 88.4 Å². The summed E-state index contributed by atoms with van der Waals surface area (Å²) in [5.41, 5.74) is 4.23. The molecule has 11 heteroatoms. The smallest absolute Gasteiger partial charge is 0.274 e. The van der Waals surface area contributed by atoms with Crippen LogP contribution >= 0.6 is 0 Å². The molecule has 11 nitrogen and oxygen atoms in total. The summed E-state index contributed by atoms with van der Waals surface area (Å²) in [6.45, 7) is 5.14. The Hall–Kier alpha value is -4.48. The molecule has 0 radical (unpaired) electrons. The number of amides is 1. The predicted molar refractivity (Wildman–Crippen MR) is 158 cm³/mol. The molecule has 42 heavy (non-hydrogen) atoms. The molecule has 216 valence electrons. The number of morpholine rings is 1. The lowest BCUT2D eigenvalue weighted by molar-refractivity contribution is 0.0322. The van der Waals surface area contributed by atoms with Crippen LogP contribution in [0.4, 0.5) is 5.69 Å². The van der Waals surface area contributed by atoms with E-state index in [9.17, 15) is 9.59 Å². The van der Waals surface area contributed by atoms with Crippen molar-refractivity contribution in [2.45, 2.75) is 25.3 Å². The summed E-state index contributed by atoms with van der Waals surface area (Å²) in [6.07, 6.45) is 7.27. The first-order valence-corrected chi connectivity index (χ1v) is 14.4. The molecule has 1 aromatic carbocycles. The lowest BCUT2D eigenvalue weighted by atomic mass is 10.1. The van der Waals surface area contributed by atoms with Crippen molar-refractivity contribution in [2.24, 2.45) is 7.05 Å². The van der Waals surface area contributed by atoms with Crippen molar-refractivity contribution in [2.75, 3.05) is 44.8 Å². The maximum Gasteiger partial charge on any atom is 0.274 e. The third-order valence-corrected chi connectivity index (χ3v) is 8.04. The lowest BCUT2D eigenvalue weighted by Gasteiger charge is -2.26. The Kier molecular flexibility index (Phi) is 6.96. The lowest BCUT2D eigenvalue weighted by Crippen LogP contribution is -2.38. The highest BCUT2D eigenvalue weighted by Gasteiger charge is 2.31.